The number of aliphatic hydroxyl groups excluding tert-OH is 1. The van der Waals surface area contributed by atoms with Crippen molar-refractivity contribution in [3.63, 3.8) is 0 Å². The van der Waals surface area contributed by atoms with Crippen molar-refractivity contribution in [1.29, 1.82) is 0 Å². The van der Waals surface area contributed by atoms with E-state index < -0.39 is 16.4 Å². The van der Waals surface area contributed by atoms with Crippen molar-refractivity contribution in [3.8, 4) is 0 Å². The SMILES string of the molecule is CCC[C@H](O)OS(=O)(=O)c1ccc(C)cc1. The Bertz CT molecular complexity index is 422. The second kappa shape index (κ2) is 5.43. The molecule has 16 heavy (non-hydrogen) atoms. The van der Waals surface area contributed by atoms with Crippen molar-refractivity contribution >= 4 is 10.1 Å². The molecule has 0 unspecified atom stereocenters. The van der Waals surface area contributed by atoms with Crippen LogP contribution >= 0.6 is 0 Å². The molecule has 0 aliphatic heterocycles. The first-order valence-electron chi connectivity index (χ1n) is 5.13. The molecule has 0 aliphatic rings. The molecule has 0 saturated carbocycles. The summed E-state index contributed by atoms with van der Waals surface area (Å²) in [6.45, 7) is 3.70. The highest BCUT2D eigenvalue weighted by Gasteiger charge is 2.19. The van der Waals surface area contributed by atoms with Crippen molar-refractivity contribution < 1.29 is 17.7 Å². The molecule has 5 heteroatoms. The van der Waals surface area contributed by atoms with Crippen molar-refractivity contribution in [2.45, 2.75) is 37.9 Å². The van der Waals surface area contributed by atoms with Gasteiger partial charge >= 0.3 is 0 Å². The molecule has 4 nitrogen and oxygen atoms in total. The van der Waals surface area contributed by atoms with Gasteiger partial charge in [-0.3, -0.25) is 0 Å². The second-order valence-corrected chi connectivity index (χ2v) is 5.18. The Morgan fingerprint density at radius 2 is 1.88 bits per heavy atom. The minimum absolute atomic E-state index is 0.0632. The third kappa shape index (κ3) is 3.59. The molecule has 0 radical (unpaired) electrons. The van der Waals surface area contributed by atoms with Crippen LogP contribution in [0.25, 0.3) is 0 Å². The predicted molar refractivity (Wildman–Crippen MR) is 60.4 cm³/mol. The maximum absolute atomic E-state index is 11.6. The van der Waals surface area contributed by atoms with E-state index in [2.05, 4.69) is 4.18 Å². The Labute approximate surface area is 96.0 Å². The molecule has 0 fully saturated rings. The third-order valence-electron chi connectivity index (χ3n) is 2.08. The summed E-state index contributed by atoms with van der Waals surface area (Å²) >= 11 is 0. The summed E-state index contributed by atoms with van der Waals surface area (Å²) in [4.78, 5) is 0.0632. The summed E-state index contributed by atoms with van der Waals surface area (Å²) < 4.78 is 27.9. The van der Waals surface area contributed by atoms with Crippen LogP contribution in [0.3, 0.4) is 0 Å². The van der Waals surface area contributed by atoms with E-state index in [-0.39, 0.29) is 4.90 Å². The van der Waals surface area contributed by atoms with Gasteiger partial charge in [0.05, 0.1) is 4.90 Å². The van der Waals surface area contributed by atoms with Crippen LogP contribution in [0.4, 0.5) is 0 Å². The Morgan fingerprint density at radius 3 is 2.38 bits per heavy atom. The van der Waals surface area contributed by atoms with E-state index in [0.717, 1.165) is 5.56 Å². The van der Waals surface area contributed by atoms with Gasteiger partial charge in [-0.15, -0.1) is 0 Å². The lowest BCUT2D eigenvalue weighted by Gasteiger charge is -2.10. The maximum Gasteiger partial charge on any atom is 0.299 e. The predicted octanol–water partition coefficient (Wildman–Crippen LogP) is 1.82. The molecular weight excluding hydrogens is 228 g/mol. The van der Waals surface area contributed by atoms with Crippen LogP contribution in [-0.4, -0.2) is 19.8 Å². The number of rotatable bonds is 5. The van der Waals surface area contributed by atoms with Crippen LogP contribution in [0.15, 0.2) is 29.2 Å². The van der Waals surface area contributed by atoms with E-state index >= 15 is 0 Å². The number of benzene rings is 1. The van der Waals surface area contributed by atoms with Crippen molar-refractivity contribution in [3.05, 3.63) is 29.8 Å². The zero-order valence-corrected chi connectivity index (χ0v) is 10.2. The van der Waals surface area contributed by atoms with Gasteiger partial charge in [0, 0.05) is 0 Å². The molecule has 0 amide bonds. The van der Waals surface area contributed by atoms with Gasteiger partial charge in [0.25, 0.3) is 10.1 Å². The molecule has 1 atom stereocenters. The van der Waals surface area contributed by atoms with E-state index in [1.807, 2.05) is 13.8 Å². The molecule has 1 aromatic rings. The van der Waals surface area contributed by atoms with E-state index in [1.54, 1.807) is 12.1 Å². The summed E-state index contributed by atoms with van der Waals surface area (Å²) in [6.07, 6.45) is -0.313. The molecule has 1 rings (SSSR count). The van der Waals surface area contributed by atoms with E-state index in [0.29, 0.717) is 12.8 Å². The fraction of sp³-hybridized carbons (Fsp3) is 0.455. The molecule has 0 spiro atoms. The number of hydrogen-bond acceptors (Lipinski definition) is 4. The summed E-state index contributed by atoms with van der Waals surface area (Å²) in [5.41, 5.74) is 0.966. The van der Waals surface area contributed by atoms with Crippen molar-refractivity contribution in [2.24, 2.45) is 0 Å². The van der Waals surface area contributed by atoms with Crippen molar-refractivity contribution in [2.75, 3.05) is 0 Å². The Balaban J connectivity index is 2.82. The highest BCUT2D eigenvalue weighted by Crippen LogP contribution is 2.15. The van der Waals surface area contributed by atoms with E-state index in [9.17, 15) is 13.5 Å². The van der Waals surface area contributed by atoms with Crippen LogP contribution in [0.2, 0.25) is 0 Å². The summed E-state index contributed by atoms with van der Waals surface area (Å²) in [7, 11) is -3.85. The Morgan fingerprint density at radius 1 is 1.31 bits per heavy atom. The molecule has 0 saturated heterocycles. The minimum Gasteiger partial charge on any atom is -0.367 e. The monoisotopic (exact) mass is 244 g/mol. The largest absolute Gasteiger partial charge is 0.367 e. The number of aliphatic hydroxyl groups is 1. The molecule has 1 N–H and O–H groups in total. The quantitative estimate of drug-likeness (QED) is 0.634. The van der Waals surface area contributed by atoms with Gasteiger partial charge in [0.15, 0.2) is 6.29 Å². The van der Waals surface area contributed by atoms with Gasteiger partial charge in [-0.05, 0) is 25.5 Å². The highest BCUT2D eigenvalue weighted by atomic mass is 32.2. The van der Waals surface area contributed by atoms with Gasteiger partial charge in [0.1, 0.15) is 0 Å². The average Bonchev–Trinajstić information content (AvgIpc) is 2.17. The summed E-state index contributed by atoms with van der Waals surface area (Å²) in [5.74, 6) is 0. The fourth-order valence-corrected chi connectivity index (χ4v) is 2.17. The standard InChI is InChI=1S/C11H16O4S/c1-3-4-11(12)15-16(13,14)10-7-5-9(2)6-8-10/h5-8,11-12H,3-4H2,1-2H3/t11-/m1/s1. The van der Waals surface area contributed by atoms with Crippen LogP contribution in [0.5, 0.6) is 0 Å². The van der Waals surface area contributed by atoms with Crippen LogP contribution in [0, 0.1) is 6.92 Å². The van der Waals surface area contributed by atoms with E-state index in [1.165, 1.54) is 12.1 Å². The third-order valence-corrected chi connectivity index (χ3v) is 3.41. The van der Waals surface area contributed by atoms with Gasteiger partial charge in [-0.25, -0.2) is 4.18 Å². The lowest BCUT2D eigenvalue weighted by molar-refractivity contribution is -0.0179. The fourth-order valence-electron chi connectivity index (χ4n) is 1.20. The topological polar surface area (TPSA) is 63.6 Å². The number of aryl methyl sites for hydroxylation is 1. The van der Waals surface area contributed by atoms with Crippen LogP contribution in [0.1, 0.15) is 25.3 Å². The highest BCUT2D eigenvalue weighted by molar-refractivity contribution is 7.86. The van der Waals surface area contributed by atoms with Crippen LogP contribution < -0.4 is 0 Å². The molecular formula is C11H16O4S. The molecule has 0 bridgehead atoms. The normalized spacial score (nSPS) is 13.7. The average molecular weight is 244 g/mol. The zero-order valence-electron chi connectivity index (χ0n) is 9.38. The zero-order chi connectivity index (χ0) is 12.2. The Hall–Kier alpha value is -0.910. The van der Waals surface area contributed by atoms with Crippen LogP contribution in [-0.2, 0) is 14.3 Å². The smallest absolute Gasteiger partial charge is 0.299 e. The molecule has 0 heterocycles. The summed E-state index contributed by atoms with van der Waals surface area (Å²) in [5, 5.41) is 9.30. The lowest BCUT2D eigenvalue weighted by atomic mass is 10.2. The maximum atomic E-state index is 11.6. The van der Waals surface area contributed by atoms with Gasteiger partial charge in [0.2, 0.25) is 0 Å². The molecule has 1 aromatic carbocycles. The molecule has 90 valence electrons. The first-order chi connectivity index (χ1) is 7.45. The van der Waals surface area contributed by atoms with E-state index in [4.69, 9.17) is 0 Å². The van der Waals surface area contributed by atoms with Gasteiger partial charge < -0.3 is 5.11 Å². The first-order valence-corrected chi connectivity index (χ1v) is 6.54. The lowest BCUT2D eigenvalue weighted by Crippen LogP contribution is -2.17. The molecule has 0 aliphatic carbocycles. The number of hydrogen-bond donors (Lipinski definition) is 1. The van der Waals surface area contributed by atoms with Crippen molar-refractivity contribution in [1.82, 2.24) is 0 Å². The second-order valence-electron chi connectivity index (χ2n) is 3.61. The molecule has 0 aromatic heterocycles. The summed E-state index contributed by atoms with van der Waals surface area (Å²) in [6, 6.07) is 6.29. The minimum atomic E-state index is -3.85. The van der Waals surface area contributed by atoms with Gasteiger partial charge in [-0.2, -0.15) is 8.42 Å². The first kappa shape index (κ1) is 13.2. The Kier molecular flexibility index (Phi) is 4.46. The van der Waals surface area contributed by atoms with Gasteiger partial charge in [-0.1, -0.05) is 31.0 Å².